The van der Waals surface area contributed by atoms with E-state index in [0.717, 1.165) is 0 Å². The second-order valence-corrected chi connectivity index (χ2v) is 4.45. The molecular weight excluding hydrogens is 300 g/mol. The Labute approximate surface area is 111 Å². The van der Waals surface area contributed by atoms with E-state index in [1.807, 2.05) is 0 Å². The lowest BCUT2D eigenvalue weighted by Gasteiger charge is -2.03. The Kier molecular flexibility index (Phi) is 3.62. The number of furan rings is 1. The van der Waals surface area contributed by atoms with Crippen molar-refractivity contribution in [2.45, 2.75) is 6.42 Å². The first-order valence-electron chi connectivity index (χ1n) is 5.17. The minimum absolute atomic E-state index is 0.00241. The van der Waals surface area contributed by atoms with Crippen molar-refractivity contribution < 1.29 is 19.1 Å². The Morgan fingerprint density at radius 3 is 2.50 bits per heavy atom. The number of rotatable bonds is 4. The van der Waals surface area contributed by atoms with Crippen LogP contribution in [0.25, 0.3) is 0 Å². The molecule has 0 radical (unpaired) electrons. The third-order valence-electron chi connectivity index (χ3n) is 2.45. The van der Waals surface area contributed by atoms with Gasteiger partial charge in [0.2, 0.25) is 5.78 Å². The summed E-state index contributed by atoms with van der Waals surface area (Å²) in [6.45, 7) is 0. The van der Waals surface area contributed by atoms with Crippen LogP contribution in [0.5, 0.6) is 0 Å². The molecule has 0 aliphatic heterocycles. The summed E-state index contributed by atoms with van der Waals surface area (Å²) in [4.78, 5) is 22.9. The van der Waals surface area contributed by atoms with Crippen LogP contribution in [-0.4, -0.2) is 16.9 Å². The van der Waals surface area contributed by atoms with Crippen LogP contribution in [0.15, 0.2) is 45.5 Å². The first kappa shape index (κ1) is 12.6. The van der Waals surface area contributed by atoms with Gasteiger partial charge in [-0.1, -0.05) is 18.2 Å². The molecule has 0 fully saturated rings. The Morgan fingerprint density at radius 1 is 1.17 bits per heavy atom. The normalized spacial score (nSPS) is 10.3. The summed E-state index contributed by atoms with van der Waals surface area (Å²) in [6.07, 6.45) is 0.00241. The minimum Gasteiger partial charge on any atom is -0.478 e. The highest BCUT2D eigenvalue weighted by molar-refractivity contribution is 9.10. The van der Waals surface area contributed by atoms with Crippen LogP contribution in [0.1, 0.15) is 26.5 Å². The number of hydrogen-bond acceptors (Lipinski definition) is 3. The molecule has 0 aliphatic carbocycles. The van der Waals surface area contributed by atoms with Gasteiger partial charge in [0.15, 0.2) is 10.4 Å². The summed E-state index contributed by atoms with van der Waals surface area (Å²) >= 11 is 3.11. The molecule has 0 saturated carbocycles. The second-order valence-electron chi connectivity index (χ2n) is 3.67. The van der Waals surface area contributed by atoms with E-state index in [0.29, 0.717) is 10.2 Å². The summed E-state index contributed by atoms with van der Waals surface area (Å²) < 4.78 is 5.61. The maximum Gasteiger partial charge on any atom is 0.335 e. The van der Waals surface area contributed by atoms with Gasteiger partial charge in [0.1, 0.15) is 0 Å². The van der Waals surface area contributed by atoms with Crippen molar-refractivity contribution in [1.82, 2.24) is 0 Å². The van der Waals surface area contributed by atoms with E-state index in [1.54, 1.807) is 30.3 Å². The Balaban J connectivity index is 2.24. The SMILES string of the molecule is O=C(Cc1ccccc1C(=O)O)c1ccc(Br)o1. The zero-order valence-corrected chi connectivity index (χ0v) is 10.8. The van der Waals surface area contributed by atoms with Gasteiger partial charge >= 0.3 is 5.97 Å². The highest BCUT2D eigenvalue weighted by Crippen LogP contribution is 2.17. The average molecular weight is 309 g/mol. The Morgan fingerprint density at radius 2 is 1.89 bits per heavy atom. The first-order valence-corrected chi connectivity index (χ1v) is 5.97. The van der Waals surface area contributed by atoms with E-state index in [9.17, 15) is 9.59 Å². The maximum atomic E-state index is 11.9. The molecule has 1 N–H and O–H groups in total. The van der Waals surface area contributed by atoms with Gasteiger partial charge in [0.25, 0.3) is 0 Å². The zero-order valence-electron chi connectivity index (χ0n) is 9.22. The molecule has 0 bridgehead atoms. The van der Waals surface area contributed by atoms with Crippen LogP contribution in [0.4, 0.5) is 0 Å². The fraction of sp³-hybridized carbons (Fsp3) is 0.0769. The predicted molar refractivity (Wildman–Crippen MR) is 67.8 cm³/mol. The van der Waals surface area contributed by atoms with Crippen LogP contribution in [0.3, 0.4) is 0 Å². The van der Waals surface area contributed by atoms with Gasteiger partial charge < -0.3 is 9.52 Å². The van der Waals surface area contributed by atoms with Gasteiger partial charge in [-0.05, 0) is 39.7 Å². The van der Waals surface area contributed by atoms with Crippen molar-refractivity contribution >= 4 is 27.7 Å². The average Bonchev–Trinajstić information content (AvgIpc) is 2.76. The molecule has 2 aromatic rings. The largest absolute Gasteiger partial charge is 0.478 e. The van der Waals surface area contributed by atoms with E-state index in [-0.39, 0.29) is 23.5 Å². The molecule has 0 atom stereocenters. The number of carboxylic acid groups (broad SMARTS) is 1. The summed E-state index contributed by atoms with van der Waals surface area (Å²) in [5.41, 5.74) is 0.610. The van der Waals surface area contributed by atoms with Crippen LogP contribution in [-0.2, 0) is 6.42 Å². The molecule has 4 nitrogen and oxygen atoms in total. The molecule has 0 aliphatic rings. The van der Waals surface area contributed by atoms with Crippen molar-refractivity contribution in [2.24, 2.45) is 0 Å². The van der Waals surface area contributed by atoms with Gasteiger partial charge in [-0.15, -0.1) is 0 Å². The smallest absolute Gasteiger partial charge is 0.335 e. The first-order chi connectivity index (χ1) is 8.58. The number of aromatic carboxylic acids is 1. The summed E-state index contributed by atoms with van der Waals surface area (Å²) in [7, 11) is 0. The van der Waals surface area contributed by atoms with Crippen molar-refractivity contribution in [3.63, 3.8) is 0 Å². The van der Waals surface area contributed by atoms with E-state index in [2.05, 4.69) is 15.9 Å². The van der Waals surface area contributed by atoms with Crippen LogP contribution < -0.4 is 0 Å². The molecule has 0 saturated heterocycles. The lowest BCUT2D eigenvalue weighted by molar-refractivity contribution is 0.0696. The summed E-state index contributed by atoms with van der Waals surface area (Å²) in [6, 6.07) is 9.60. The molecule has 18 heavy (non-hydrogen) atoms. The molecule has 0 unspecified atom stereocenters. The number of carboxylic acids is 1. The maximum absolute atomic E-state index is 11.9. The van der Waals surface area contributed by atoms with Crippen molar-refractivity contribution in [1.29, 1.82) is 0 Å². The monoisotopic (exact) mass is 308 g/mol. The standard InChI is InChI=1S/C13H9BrO4/c14-12-6-5-11(18-12)10(15)7-8-3-1-2-4-9(8)13(16)17/h1-6H,7H2,(H,16,17). The fourth-order valence-corrected chi connectivity index (χ4v) is 1.91. The van der Waals surface area contributed by atoms with Gasteiger partial charge in [-0.25, -0.2) is 4.79 Å². The van der Waals surface area contributed by atoms with Crippen molar-refractivity contribution in [3.05, 3.63) is 58.0 Å². The number of halogens is 1. The lowest BCUT2D eigenvalue weighted by Crippen LogP contribution is -2.08. The molecule has 1 heterocycles. The zero-order chi connectivity index (χ0) is 13.1. The third-order valence-corrected chi connectivity index (χ3v) is 2.87. The number of carbonyl (C=O) groups excluding carboxylic acids is 1. The number of hydrogen-bond donors (Lipinski definition) is 1. The van der Waals surface area contributed by atoms with Gasteiger partial charge in [0, 0.05) is 6.42 Å². The Bertz CT molecular complexity index is 601. The van der Waals surface area contributed by atoms with E-state index < -0.39 is 5.97 Å². The van der Waals surface area contributed by atoms with Crippen molar-refractivity contribution in [3.8, 4) is 0 Å². The highest BCUT2D eigenvalue weighted by atomic mass is 79.9. The van der Waals surface area contributed by atoms with Crippen LogP contribution in [0, 0.1) is 0 Å². The molecule has 0 spiro atoms. The molecule has 1 aromatic heterocycles. The van der Waals surface area contributed by atoms with Crippen LogP contribution in [0.2, 0.25) is 0 Å². The molecular formula is C13H9BrO4. The number of carbonyl (C=O) groups is 2. The third kappa shape index (κ3) is 2.68. The van der Waals surface area contributed by atoms with Gasteiger partial charge in [-0.3, -0.25) is 4.79 Å². The second kappa shape index (κ2) is 5.18. The molecule has 0 amide bonds. The molecule has 92 valence electrons. The molecule has 1 aromatic carbocycles. The van der Waals surface area contributed by atoms with E-state index in [1.165, 1.54) is 6.07 Å². The number of ketones is 1. The van der Waals surface area contributed by atoms with E-state index >= 15 is 0 Å². The van der Waals surface area contributed by atoms with Gasteiger partial charge in [-0.2, -0.15) is 0 Å². The summed E-state index contributed by atoms with van der Waals surface area (Å²) in [5, 5.41) is 9.01. The Hall–Kier alpha value is -1.88. The molecule has 2 rings (SSSR count). The topological polar surface area (TPSA) is 67.5 Å². The van der Waals surface area contributed by atoms with Gasteiger partial charge in [0.05, 0.1) is 5.56 Å². The predicted octanol–water partition coefficient (Wildman–Crippen LogP) is 3.17. The quantitative estimate of drug-likeness (QED) is 0.881. The fourth-order valence-electron chi connectivity index (χ4n) is 1.61. The lowest BCUT2D eigenvalue weighted by atomic mass is 10.0. The minimum atomic E-state index is -1.04. The van der Waals surface area contributed by atoms with Crippen molar-refractivity contribution in [2.75, 3.05) is 0 Å². The molecule has 5 heteroatoms. The number of benzene rings is 1. The highest BCUT2D eigenvalue weighted by Gasteiger charge is 2.16. The summed E-state index contributed by atoms with van der Waals surface area (Å²) in [5.74, 6) is -1.09. The van der Waals surface area contributed by atoms with E-state index in [4.69, 9.17) is 9.52 Å². The van der Waals surface area contributed by atoms with Crippen LogP contribution >= 0.6 is 15.9 Å². The number of Topliss-reactive ketones (excluding diaryl/α,β-unsaturated/α-hetero) is 1.